The van der Waals surface area contributed by atoms with Crippen molar-refractivity contribution in [2.75, 3.05) is 7.11 Å². The van der Waals surface area contributed by atoms with Gasteiger partial charge >= 0.3 is 0 Å². The van der Waals surface area contributed by atoms with E-state index in [2.05, 4.69) is 14.7 Å². The van der Waals surface area contributed by atoms with Crippen LogP contribution in [-0.4, -0.2) is 26.5 Å². The molecule has 178 valence electrons. The van der Waals surface area contributed by atoms with Crippen LogP contribution >= 0.6 is 11.6 Å². The fourth-order valence-electron chi connectivity index (χ4n) is 3.43. The van der Waals surface area contributed by atoms with Gasteiger partial charge in [-0.1, -0.05) is 54.1 Å². The number of benzene rings is 3. The molecule has 0 aliphatic heterocycles. The number of methoxy groups -OCH3 is 1. The molecule has 1 heterocycles. The van der Waals surface area contributed by atoms with E-state index in [1.807, 2.05) is 54.6 Å². The topological polar surface area (TPSA) is 107 Å². The molecule has 1 aromatic heterocycles. The molecule has 0 spiro atoms. The Morgan fingerprint density at radius 2 is 1.66 bits per heavy atom. The molecule has 0 unspecified atom stereocenters. The summed E-state index contributed by atoms with van der Waals surface area (Å²) in [5.74, 6) is 0.538. The van der Waals surface area contributed by atoms with Gasteiger partial charge in [-0.2, -0.15) is 0 Å². The third kappa shape index (κ3) is 5.98. The Morgan fingerprint density at radius 1 is 1.00 bits per heavy atom. The molecule has 4 aromatic rings. The number of nitrogens with two attached hydrogens (primary N) is 1. The van der Waals surface area contributed by atoms with Gasteiger partial charge in [0.1, 0.15) is 5.75 Å². The molecule has 0 aliphatic rings. The summed E-state index contributed by atoms with van der Waals surface area (Å²) >= 11 is 6.06. The lowest BCUT2D eigenvalue weighted by molar-refractivity contribution is 0.415. The third-order valence-electron chi connectivity index (χ3n) is 5.19. The molecule has 9 heteroatoms. The first kappa shape index (κ1) is 24.3. The Kier molecular flexibility index (Phi) is 7.33. The van der Waals surface area contributed by atoms with Crippen molar-refractivity contribution >= 4 is 27.6 Å². The van der Waals surface area contributed by atoms with Gasteiger partial charge in [-0.3, -0.25) is 4.98 Å². The minimum atomic E-state index is -3.81. The highest BCUT2D eigenvalue weighted by atomic mass is 35.5. The van der Waals surface area contributed by atoms with Crippen molar-refractivity contribution in [1.29, 1.82) is 0 Å². The van der Waals surface area contributed by atoms with E-state index in [4.69, 9.17) is 22.1 Å². The van der Waals surface area contributed by atoms with Gasteiger partial charge in [-0.25, -0.2) is 18.1 Å². The number of halogens is 1. The molecule has 0 bridgehead atoms. The van der Waals surface area contributed by atoms with Crippen LogP contribution in [0.3, 0.4) is 0 Å². The summed E-state index contributed by atoms with van der Waals surface area (Å²) in [5, 5.41) is 0.638. The maximum absolute atomic E-state index is 12.5. The number of aromatic nitrogens is 1. The van der Waals surface area contributed by atoms with E-state index in [1.54, 1.807) is 31.5 Å². The Balaban J connectivity index is 1.63. The van der Waals surface area contributed by atoms with Crippen LogP contribution in [0.15, 0.2) is 101 Å². The van der Waals surface area contributed by atoms with Crippen molar-refractivity contribution in [3.05, 3.63) is 102 Å². The minimum Gasteiger partial charge on any atom is -0.497 e. The summed E-state index contributed by atoms with van der Waals surface area (Å²) in [4.78, 5) is 8.99. The second-order valence-corrected chi connectivity index (χ2v) is 9.71. The van der Waals surface area contributed by atoms with E-state index < -0.39 is 10.0 Å². The number of rotatable bonds is 7. The highest BCUT2D eigenvalue weighted by molar-refractivity contribution is 7.90. The highest BCUT2D eigenvalue weighted by Gasteiger charge is 2.15. The summed E-state index contributed by atoms with van der Waals surface area (Å²) in [5.41, 5.74) is 10.1. The van der Waals surface area contributed by atoms with Gasteiger partial charge in [0.2, 0.25) is 5.96 Å². The zero-order valence-electron chi connectivity index (χ0n) is 18.9. The van der Waals surface area contributed by atoms with Gasteiger partial charge in [-0.05, 0) is 53.6 Å². The average molecular weight is 507 g/mol. The molecule has 3 aromatic carbocycles. The van der Waals surface area contributed by atoms with E-state index in [1.165, 1.54) is 12.1 Å². The first-order chi connectivity index (χ1) is 16.9. The number of hydrogen-bond acceptors (Lipinski definition) is 5. The number of nitrogens with zero attached hydrogens (tertiary/aromatic N) is 2. The predicted molar refractivity (Wildman–Crippen MR) is 139 cm³/mol. The molecule has 0 saturated carbocycles. The molecule has 0 saturated heterocycles. The van der Waals surface area contributed by atoms with Gasteiger partial charge in [0, 0.05) is 22.3 Å². The molecule has 3 N–H and O–H groups in total. The Morgan fingerprint density at radius 3 is 2.31 bits per heavy atom. The molecule has 0 radical (unpaired) electrons. The van der Waals surface area contributed by atoms with E-state index in [-0.39, 0.29) is 17.4 Å². The minimum absolute atomic E-state index is 0.105. The van der Waals surface area contributed by atoms with Gasteiger partial charge in [0.05, 0.1) is 24.2 Å². The normalized spacial score (nSPS) is 11.8. The zero-order valence-corrected chi connectivity index (χ0v) is 20.4. The van der Waals surface area contributed by atoms with E-state index in [9.17, 15) is 8.42 Å². The first-order valence-electron chi connectivity index (χ1n) is 10.6. The summed E-state index contributed by atoms with van der Waals surface area (Å²) in [6.45, 7) is 0.139. The number of pyridine rings is 1. The van der Waals surface area contributed by atoms with Crippen LogP contribution in [0, 0.1) is 0 Å². The number of ether oxygens (including phenoxy) is 1. The van der Waals surface area contributed by atoms with Crippen molar-refractivity contribution in [2.24, 2.45) is 10.7 Å². The Hall–Kier alpha value is -3.88. The molecule has 0 aliphatic carbocycles. The van der Waals surface area contributed by atoms with Crippen LogP contribution in [0.4, 0.5) is 0 Å². The number of aliphatic imine (C=N–C) groups is 1. The number of guanidine groups is 1. The van der Waals surface area contributed by atoms with Gasteiger partial charge < -0.3 is 10.5 Å². The van der Waals surface area contributed by atoms with E-state index in [0.29, 0.717) is 5.02 Å². The standard InChI is InChI=1S/C26H23ClN4O3S/c1-34-22-13-9-19(10-14-22)24-15-18(16-29-25(24)20-7-11-21(27)12-8-20)17-30-26(28)31-35(32,33)23-5-3-2-4-6-23/h2-16H,17H2,1H3,(H3,28,30,31). The zero-order chi connectivity index (χ0) is 24.8. The van der Waals surface area contributed by atoms with Crippen LogP contribution in [0.1, 0.15) is 5.56 Å². The van der Waals surface area contributed by atoms with Crippen LogP contribution in [0.2, 0.25) is 5.02 Å². The lowest BCUT2D eigenvalue weighted by Gasteiger charge is -2.12. The monoisotopic (exact) mass is 506 g/mol. The smallest absolute Gasteiger partial charge is 0.264 e. The molecule has 4 rings (SSSR count). The van der Waals surface area contributed by atoms with Crippen LogP contribution < -0.4 is 15.2 Å². The molecule has 0 fully saturated rings. The number of sulfonamides is 1. The Bertz CT molecular complexity index is 1440. The second kappa shape index (κ2) is 10.6. The van der Waals surface area contributed by atoms with E-state index in [0.717, 1.165) is 33.7 Å². The van der Waals surface area contributed by atoms with Crippen molar-refractivity contribution in [3.8, 4) is 28.1 Å². The fourth-order valence-corrected chi connectivity index (χ4v) is 4.53. The SMILES string of the molecule is COc1ccc(-c2cc(CN=C(N)NS(=O)(=O)c3ccccc3)cnc2-c2ccc(Cl)cc2)cc1. The summed E-state index contributed by atoms with van der Waals surface area (Å²) < 4.78 is 32.5. The summed E-state index contributed by atoms with van der Waals surface area (Å²) in [6.07, 6.45) is 1.69. The Labute approximate surface area is 209 Å². The van der Waals surface area contributed by atoms with Gasteiger partial charge in [-0.15, -0.1) is 0 Å². The predicted octanol–water partition coefficient (Wildman–Crippen LogP) is 4.87. The number of nitrogens with one attached hydrogen (secondary N) is 1. The number of hydrogen-bond donors (Lipinski definition) is 2. The lowest BCUT2D eigenvalue weighted by Crippen LogP contribution is -2.36. The molecule has 35 heavy (non-hydrogen) atoms. The van der Waals surface area contributed by atoms with E-state index >= 15 is 0 Å². The fraction of sp³-hybridized carbons (Fsp3) is 0.0769. The maximum Gasteiger partial charge on any atom is 0.264 e. The van der Waals surface area contributed by atoms with Gasteiger partial charge in [0.25, 0.3) is 10.0 Å². The largest absolute Gasteiger partial charge is 0.497 e. The van der Waals surface area contributed by atoms with Crippen molar-refractivity contribution < 1.29 is 13.2 Å². The van der Waals surface area contributed by atoms with Crippen LogP contribution in [-0.2, 0) is 16.6 Å². The van der Waals surface area contributed by atoms with Crippen molar-refractivity contribution in [3.63, 3.8) is 0 Å². The first-order valence-corrected chi connectivity index (χ1v) is 12.5. The van der Waals surface area contributed by atoms with Crippen molar-refractivity contribution in [2.45, 2.75) is 11.4 Å². The summed E-state index contributed by atoms with van der Waals surface area (Å²) in [7, 11) is -2.20. The maximum atomic E-state index is 12.5. The quantitative estimate of drug-likeness (QED) is 0.274. The molecular formula is C26H23ClN4O3S. The molecular weight excluding hydrogens is 484 g/mol. The molecule has 7 nitrogen and oxygen atoms in total. The average Bonchev–Trinajstić information content (AvgIpc) is 2.88. The van der Waals surface area contributed by atoms with Crippen LogP contribution in [0.5, 0.6) is 5.75 Å². The second-order valence-electron chi connectivity index (χ2n) is 7.60. The van der Waals surface area contributed by atoms with Gasteiger partial charge in [0.15, 0.2) is 0 Å². The summed E-state index contributed by atoms with van der Waals surface area (Å²) in [6, 6.07) is 25.0. The lowest BCUT2D eigenvalue weighted by atomic mass is 9.98. The third-order valence-corrected chi connectivity index (χ3v) is 6.81. The molecule has 0 atom stereocenters. The van der Waals surface area contributed by atoms with Crippen LogP contribution in [0.25, 0.3) is 22.4 Å². The van der Waals surface area contributed by atoms with Crippen molar-refractivity contribution in [1.82, 2.24) is 9.71 Å². The highest BCUT2D eigenvalue weighted by Crippen LogP contribution is 2.33. The molecule has 0 amide bonds.